The van der Waals surface area contributed by atoms with Gasteiger partial charge in [-0.1, -0.05) is 24.6 Å². The molecule has 3 rings (SSSR count). The van der Waals surface area contributed by atoms with E-state index in [9.17, 15) is 0 Å². The predicted octanol–water partition coefficient (Wildman–Crippen LogP) is 3.17. The quantitative estimate of drug-likeness (QED) is 0.872. The smallest absolute Gasteiger partial charge is 0.0704 e. The van der Waals surface area contributed by atoms with Crippen molar-refractivity contribution in [1.29, 1.82) is 0 Å². The molecule has 1 unspecified atom stereocenters. The fourth-order valence-electron chi connectivity index (χ4n) is 2.91. The summed E-state index contributed by atoms with van der Waals surface area (Å²) < 4.78 is 0. The van der Waals surface area contributed by atoms with Crippen LogP contribution in [0.25, 0.3) is 10.9 Å². The lowest BCUT2D eigenvalue weighted by molar-refractivity contribution is 0.478. The number of benzene rings is 1. The highest BCUT2D eigenvalue weighted by Gasteiger charge is 2.13. The van der Waals surface area contributed by atoms with Gasteiger partial charge in [-0.05, 0) is 56.0 Å². The lowest BCUT2D eigenvalue weighted by Crippen LogP contribution is -2.22. The Hall–Kier alpha value is -1.41. The number of fused-ring (bicyclic) bond motifs is 1. The molecule has 1 atom stereocenters. The standard InChI is InChI=1S/C16H20N2/c1-2-7-16-15(6-1)14(8-10-18-16)11-13-5-3-4-9-17-12-13/h1-2,6-8,10,13,17H,3-5,9,11-12H2. The molecular formula is C16H20N2. The summed E-state index contributed by atoms with van der Waals surface area (Å²) in [5, 5.41) is 4.87. The molecule has 1 aromatic heterocycles. The van der Waals surface area contributed by atoms with E-state index in [1.54, 1.807) is 0 Å². The second kappa shape index (κ2) is 5.49. The number of para-hydroxylation sites is 1. The zero-order chi connectivity index (χ0) is 12.2. The summed E-state index contributed by atoms with van der Waals surface area (Å²) in [5.74, 6) is 0.776. The summed E-state index contributed by atoms with van der Waals surface area (Å²) >= 11 is 0. The fraction of sp³-hybridized carbons (Fsp3) is 0.438. The summed E-state index contributed by atoms with van der Waals surface area (Å²) in [6.07, 6.45) is 7.16. The number of aromatic nitrogens is 1. The Morgan fingerprint density at radius 1 is 1.17 bits per heavy atom. The van der Waals surface area contributed by atoms with Crippen molar-refractivity contribution in [2.45, 2.75) is 25.7 Å². The van der Waals surface area contributed by atoms with Gasteiger partial charge in [0.15, 0.2) is 0 Å². The van der Waals surface area contributed by atoms with Crippen LogP contribution in [0.1, 0.15) is 24.8 Å². The molecule has 0 amide bonds. The molecular weight excluding hydrogens is 220 g/mol. The molecule has 1 aliphatic rings. The lowest BCUT2D eigenvalue weighted by Gasteiger charge is -2.15. The molecule has 1 aliphatic heterocycles. The maximum atomic E-state index is 4.44. The van der Waals surface area contributed by atoms with Crippen LogP contribution < -0.4 is 5.32 Å². The van der Waals surface area contributed by atoms with E-state index >= 15 is 0 Å². The van der Waals surface area contributed by atoms with E-state index in [-0.39, 0.29) is 0 Å². The molecule has 2 heterocycles. The number of hydrogen-bond donors (Lipinski definition) is 1. The Morgan fingerprint density at radius 3 is 3.11 bits per heavy atom. The van der Waals surface area contributed by atoms with Crippen LogP contribution in [0, 0.1) is 5.92 Å². The lowest BCUT2D eigenvalue weighted by atomic mass is 9.93. The molecule has 2 aromatic rings. The van der Waals surface area contributed by atoms with Gasteiger partial charge < -0.3 is 5.32 Å². The van der Waals surface area contributed by atoms with E-state index in [4.69, 9.17) is 0 Å². The van der Waals surface area contributed by atoms with E-state index < -0.39 is 0 Å². The molecule has 0 spiro atoms. The number of nitrogens with one attached hydrogen (secondary N) is 1. The summed E-state index contributed by atoms with van der Waals surface area (Å²) in [6, 6.07) is 10.7. The zero-order valence-corrected chi connectivity index (χ0v) is 10.7. The Kier molecular flexibility index (Phi) is 3.56. The monoisotopic (exact) mass is 240 g/mol. The Bertz CT molecular complexity index is 508. The second-order valence-corrected chi connectivity index (χ2v) is 5.26. The average molecular weight is 240 g/mol. The second-order valence-electron chi connectivity index (χ2n) is 5.26. The van der Waals surface area contributed by atoms with Crippen molar-refractivity contribution >= 4 is 10.9 Å². The molecule has 0 bridgehead atoms. The third-order valence-corrected chi connectivity index (χ3v) is 3.90. The predicted molar refractivity (Wildman–Crippen MR) is 75.7 cm³/mol. The molecule has 1 N–H and O–H groups in total. The van der Waals surface area contributed by atoms with Crippen LogP contribution in [0.5, 0.6) is 0 Å². The first-order valence-corrected chi connectivity index (χ1v) is 6.97. The first-order chi connectivity index (χ1) is 8.93. The topological polar surface area (TPSA) is 24.9 Å². The van der Waals surface area contributed by atoms with Gasteiger partial charge in [0.1, 0.15) is 0 Å². The highest BCUT2D eigenvalue weighted by Crippen LogP contribution is 2.22. The van der Waals surface area contributed by atoms with E-state index in [1.165, 1.54) is 43.2 Å². The zero-order valence-electron chi connectivity index (χ0n) is 10.7. The highest BCUT2D eigenvalue weighted by atomic mass is 14.9. The van der Waals surface area contributed by atoms with Crippen LogP contribution in [-0.4, -0.2) is 18.1 Å². The Balaban J connectivity index is 1.85. The number of hydrogen-bond acceptors (Lipinski definition) is 2. The van der Waals surface area contributed by atoms with Crippen molar-refractivity contribution in [2.24, 2.45) is 5.92 Å². The van der Waals surface area contributed by atoms with Gasteiger partial charge in [-0.2, -0.15) is 0 Å². The largest absolute Gasteiger partial charge is 0.316 e. The fourth-order valence-corrected chi connectivity index (χ4v) is 2.91. The molecule has 1 aromatic carbocycles. The van der Waals surface area contributed by atoms with Crippen molar-refractivity contribution in [3.8, 4) is 0 Å². The van der Waals surface area contributed by atoms with Crippen molar-refractivity contribution in [3.63, 3.8) is 0 Å². The van der Waals surface area contributed by atoms with Crippen molar-refractivity contribution in [3.05, 3.63) is 42.1 Å². The minimum absolute atomic E-state index is 0.776. The third kappa shape index (κ3) is 2.54. The van der Waals surface area contributed by atoms with Crippen LogP contribution in [0.4, 0.5) is 0 Å². The van der Waals surface area contributed by atoms with Crippen LogP contribution in [0.15, 0.2) is 36.5 Å². The van der Waals surface area contributed by atoms with Gasteiger partial charge in [-0.3, -0.25) is 4.98 Å². The molecule has 0 saturated carbocycles. The van der Waals surface area contributed by atoms with Crippen molar-refractivity contribution in [2.75, 3.05) is 13.1 Å². The first kappa shape index (κ1) is 11.7. The minimum Gasteiger partial charge on any atom is -0.316 e. The van der Waals surface area contributed by atoms with Gasteiger partial charge >= 0.3 is 0 Å². The molecule has 0 radical (unpaired) electrons. The van der Waals surface area contributed by atoms with E-state index in [0.717, 1.165) is 18.0 Å². The molecule has 94 valence electrons. The van der Waals surface area contributed by atoms with Gasteiger partial charge in [0, 0.05) is 11.6 Å². The van der Waals surface area contributed by atoms with Gasteiger partial charge in [0.05, 0.1) is 5.52 Å². The van der Waals surface area contributed by atoms with E-state index in [1.807, 2.05) is 6.20 Å². The van der Waals surface area contributed by atoms with Gasteiger partial charge in [-0.15, -0.1) is 0 Å². The van der Waals surface area contributed by atoms with Gasteiger partial charge in [-0.25, -0.2) is 0 Å². The van der Waals surface area contributed by atoms with E-state index in [0.29, 0.717) is 0 Å². The minimum atomic E-state index is 0.776. The van der Waals surface area contributed by atoms with E-state index in [2.05, 4.69) is 40.6 Å². The molecule has 2 nitrogen and oxygen atoms in total. The summed E-state index contributed by atoms with van der Waals surface area (Å²) in [5.41, 5.74) is 2.57. The highest BCUT2D eigenvalue weighted by molar-refractivity contribution is 5.81. The molecule has 1 saturated heterocycles. The van der Waals surface area contributed by atoms with Crippen LogP contribution >= 0.6 is 0 Å². The summed E-state index contributed by atoms with van der Waals surface area (Å²) in [6.45, 7) is 2.35. The molecule has 18 heavy (non-hydrogen) atoms. The number of nitrogens with zero attached hydrogens (tertiary/aromatic N) is 1. The third-order valence-electron chi connectivity index (χ3n) is 3.90. The molecule has 0 aliphatic carbocycles. The average Bonchev–Trinajstić information content (AvgIpc) is 2.68. The molecule has 1 fully saturated rings. The van der Waals surface area contributed by atoms with Crippen molar-refractivity contribution in [1.82, 2.24) is 10.3 Å². The number of pyridine rings is 1. The van der Waals surface area contributed by atoms with Gasteiger partial charge in [0.2, 0.25) is 0 Å². The Morgan fingerprint density at radius 2 is 2.11 bits per heavy atom. The maximum Gasteiger partial charge on any atom is 0.0704 e. The summed E-state index contributed by atoms with van der Waals surface area (Å²) in [4.78, 5) is 4.44. The van der Waals surface area contributed by atoms with Crippen LogP contribution in [0.2, 0.25) is 0 Å². The van der Waals surface area contributed by atoms with Crippen LogP contribution in [0.3, 0.4) is 0 Å². The van der Waals surface area contributed by atoms with Crippen molar-refractivity contribution < 1.29 is 0 Å². The van der Waals surface area contributed by atoms with Crippen LogP contribution in [-0.2, 0) is 6.42 Å². The van der Waals surface area contributed by atoms with Gasteiger partial charge in [0.25, 0.3) is 0 Å². The SMILES string of the molecule is c1ccc2c(CC3CCCCNC3)ccnc2c1. The first-order valence-electron chi connectivity index (χ1n) is 6.97. The number of rotatable bonds is 2. The maximum absolute atomic E-state index is 4.44. The normalized spacial score (nSPS) is 20.8. The molecule has 2 heteroatoms. The Labute approximate surface area is 108 Å². The summed E-state index contributed by atoms with van der Waals surface area (Å²) in [7, 11) is 0.